The zero-order chi connectivity index (χ0) is 4.12. The summed E-state index contributed by atoms with van der Waals surface area (Å²) in [7, 11) is 2.39. The fraction of sp³-hybridized carbons (Fsp3) is 1.00. The molecule has 0 amide bonds. The second-order valence-electron chi connectivity index (χ2n) is 0.683. The zero-order valence-electron chi connectivity index (χ0n) is 2.90. The van der Waals surface area contributed by atoms with Gasteiger partial charge in [-0.2, -0.15) is 0 Å². The van der Waals surface area contributed by atoms with E-state index in [1.54, 1.807) is 0 Å². The van der Waals surface area contributed by atoms with Crippen LogP contribution in [0, 0.1) is 0 Å². The molecule has 30 valence electrons. The van der Waals surface area contributed by atoms with Crippen LogP contribution in [0.5, 0.6) is 0 Å². The molecule has 1 nitrogen and oxygen atoms in total. The first-order chi connectivity index (χ1) is 2.41. The van der Waals surface area contributed by atoms with E-state index in [4.69, 9.17) is 0 Å². The van der Waals surface area contributed by atoms with Crippen molar-refractivity contribution in [1.29, 1.82) is 0 Å². The van der Waals surface area contributed by atoms with Crippen molar-refractivity contribution in [2.75, 3.05) is 12.3 Å². The maximum atomic E-state index is 9.54. The van der Waals surface area contributed by atoms with E-state index in [0.29, 0.717) is 0 Å². The Bertz CT molecular complexity index is 28.8. The van der Waals surface area contributed by atoms with Crippen LogP contribution in [0.25, 0.3) is 0 Å². The van der Waals surface area contributed by atoms with Crippen molar-refractivity contribution in [2.24, 2.45) is 0 Å². The molecule has 0 bridgehead atoms. The highest BCUT2D eigenvalue weighted by Crippen LogP contribution is 1.91. The highest BCUT2D eigenvalue weighted by atomic mass is 31.1. The Morgan fingerprint density at radius 1 is 1.80 bits per heavy atom. The summed E-state index contributed by atoms with van der Waals surface area (Å²) in [6, 6.07) is 0. The van der Waals surface area contributed by atoms with E-state index in [1.165, 1.54) is 0 Å². The van der Waals surface area contributed by atoms with Crippen LogP contribution in [0.15, 0.2) is 0 Å². The molecule has 0 aromatic carbocycles. The third-order valence-electron chi connectivity index (χ3n) is 0.246. The van der Waals surface area contributed by atoms with Gasteiger partial charge in [-0.3, -0.25) is 0 Å². The summed E-state index contributed by atoms with van der Waals surface area (Å²) in [6.45, 7) is 0. The van der Waals surface area contributed by atoms with Gasteiger partial charge in [0.05, 0.1) is 0 Å². The summed E-state index contributed by atoms with van der Waals surface area (Å²) < 4.78 is 9.54. The molecule has 3 heteroatoms. The van der Waals surface area contributed by atoms with Crippen LogP contribution in [0.2, 0.25) is 0 Å². The third kappa shape index (κ3) is 4.53. The molecular formula is C2H7OP2+. The van der Waals surface area contributed by atoms with Crippen molar-refractivity contribution in [2.45, 2.75) is 0 Å². The molecule has 2 atom stereocenters. The third-order valence-corrected chi connectivity index (χ3v) is 1.61. The largest absolute Gasteiger partial charge is 0.325 e. The standard InChI is InChI=1S/C2H6OP2/c3-5-2-1-4/h1-2,4H2/p+1. The van der Waals surface area contributed by atoms with Crippen LogP contribution in [0.4, 0.5) is 0 Å². The normalized spacial score (nSPS) is 9.00. The highest BCUT2D eigenvalue weighted by Gasteiger charge is 1.79. The molecule has 0 heterocycles. The first kappa shape index (κ1) is 5.53. The van der Waals surface area contributed by atoms with Gasteiger partial charge in [0.1, 0.15) is 6.16 Å². The molecule has 0 fully saturated rings. The van der Waals surface area contributed by atoms with Crippen molar-refractivity contribution < 1.29 is 4.57 Å². The molecule has 0 aliphatic rings. The molecule has 0 N–H and O–H groups in total. The molecule has 2 unspecified atom stereocenters. The Labute approximate surface area is 35.6 Å². The van der Waals surface area contributed by atoms with E-state index in [-0.39, 0.29) is 8.46 Å². The van der Waals surface area contributed by atoms with Gasteiger partial charge in [-0.15, -0.1) is 9.24 Å². The topological polar surface area (TPSA) is 17.1 Å². The molecule has 0 saturated heterocycles. The number of rotatable bonds is 2. The molecule has 0 aromatic heterocycles. The van der Waals surface area contributed by atoms with Crippen LogP contribution in [0.1, 0.15) is 0 Å². The summed E-state index contributed by atoms with van der Waals surface area (Å²) in [5.74, 6) is 0. The second kappa shape index (κ2) is 4.53. The van der Waals surface area contributed by atoms with Gasteiger partial charge in [-0.1, -0.05) is 4.57 Å². The van der Waals surface area contributed by atoms with Gasteiger partial charge in [0.25, 0.3) is 0 Å². The van der Waals surface area contributed by atoms with E-state index in [9.17, 15) is 4.57 Å². The summed E-state index contributed by atoms with van der Waals surface area (Å²) in [5, 5.41) is 0. The van der Waals surface area contributed by atoms with E-state index in [2.05, 4.69) is 9.24 Å². The lowest BCUT2D eigenvalue weighted by atomic mass is 11.0. The first-order valence-electron chi connectivity index (χ1n) is 1.47. The van der Waals surface area contributed by atoms with E-state index in [0.717, 1.165) is 12.3 Å². The number of hydrogen-bond acceptors (Lipinski definition) is 1. The molecule has 0 saturated carbocycles. The molecule has 0 aromatic rings. The molecule has 0 rings (SSSR count). The molecule has 0 aliphatic heterocycles. The van der Waals surface area contributed by atoms with E-state index < -0.39 is 0 Å². The second-order valence-corrected chi connectivity index (χ2v) is 2.05. The Kier molecular flexibility index (Phi) is 5.01. The summed E-state index contributed by atoms with van der Waals surface area (Å²) >= 11 is 0. The lowest BCUT2D eigenvalue weighted by Gasteiger charge is -1.59. The summed E-state index contributed by atoms with van der Waals surface area (Å²) in [4.78, 5) is 0. The van der Waals surface area contributed by atoms with Gasteiger partial charge in [-0.25, -0.2) is 0 Å². The smallest absolute Gasteiger partial charge is 0.133 e. The lowest BCUT2D eigenvalue weighted by molar-refractivity contribution is 0.599. The van der Waals surface area contributed by atoms with Crippen LogP contribution in [-0.4, -0.2) is 12.3 Å². The first-order valence-corrected chi connectivity index (χ1v) is 3.40. The van der Waals surface area contributed by atoms with Crippen LogP contribution >= 0.6 is 17.7 Å². The molecule has 0 spiro atoms. The lowest BCUT2D eigenvalue weighted by Crippen LogP contribution is -1.63. The van der Waals surface area contributed by atoms with Crippen LogP contribution < -0.4 is 0 Å². The van der Waals surface area contributed by atoms with Crippen molar-refractivity contribution >= 4 is 17.7 Å². The Morgan fingerprint density at radius 3 is 2.40 bits per heavy atom. The Hall–Kier alpha value is 0.530. The van der Waals surface area contributed by atoms with Crippen LogP contribution in [-0.2, 0) is 4.57 Å². The van der Waals surface area contributed by atoms with E-state index >= 15 is 0 Å². The number of hydrogen-bond donors (Lipinski definition) is 0. The van der Waals surface area contributed by atoms with Gasteiger partial charge in [0, 0.05) is 6.16 Å². The minimum atomic E-state index is -0.113. The molecule has 5 heavy (non-hydrogen) atoms. The predicted molar refractivity (Wildman–Crippen MR) is 28.4 cm³/mol. The maximum Gasteiger partial charge on any atom is 0.325 e. The quantitative estimate of drug-likeness (QED) is 0.481. The fourth-order valence-corrected chi connectivity index (χ4v) is 0.530. The Morgan fingerprint density at radius 2 is 2.40 bits per heavy atom. The maximum absolute atomic E-state index is 9.54. The van der Waals surface area contributed by atoms with E-state index in [1.807, 2.05) is 0 Å². The van der Waals surface area contributed by atoms with Crippen molar-refractivity contribution in [1.82, 2.24) is 0 Å². The van der Waals surface area contributed by atoms with Gasteiger partial charge >= 0.3 is 8.46 Å². The molecular weight excluding hydrogens is 102 g/mol. The minimum Gasteiger partial charge on any atom is -0.133 e. The highest BCUT2D eigenvalue weighted by molar-refractivity contribution is 7.26. The fourth-order valence-electron chi connectivity index (χ4n) is 0.0589. The van der Waals surface area contributed by atoms with Gasteiger partial charge in [0.15, 0.2) is 0 Å². The monoisotopic (exact) mass is 109 g/mol. The zero-order valence-corrected chi connectivity index (χ0v) is 5.05. The minimum absolute atomic E-state index is 0.113. The Balaban J connectivity index is 2.40. The van der Waals surface area contributed by atoms with Gasteiger partial charge < -0.3 is 0 Å². The van der Waals surface area contributed by atoms with Gasteiger partial charge in [-0.05, 0) is 0 Å². The van der Waals surface area contributed by atoms with Crippen molar-refractivity contribution in [3.8, 4) is 0 Å². The van der Waals surface area contributed by atoms with Crippen molar-refractivity contribution in [3.63, 3.8) is 0 Å². The predicted octanol–water partition coefficient (Wildman–Crippen LogP) is 0.885. The summed E-state index contributed by atoms with van der Waals surface area (Å²) in [6.07, 6.45) is 1.78. The summed E-state index contributed by atoms with van der Waals surface area (Å²) in [5.41, 5.74) is 0. The van der Waals surface area contributed by atoms with Crippen LogP contribution in [0.3, 0.4) is 0 Å². The average molecular weight is 109 g/mol. The van der Waals surface area contributed by atoms with Crippen molar-refractivity contribution in [3.05, 3.63) is 0 Å². The molecule has 0 radical (unpaired) electrons. The SMILES string of the molecule is O=[PH+]CCP. The molecule has 0 aliphatic carbocycles. The van der Waals surface area contributed by atoms with Gasteiger partial charge in [0.2, 0.25) is 0 Å². The average Bonchev–Trinajstić information content (AvgIpc) is 1.41.